The van der Waals surface area contributed by atoms with E-state index in [2.05, 4.69) is 10.3 Å². The molecule has 0 bridgehead atoms. The third kappa shape index (κ3) is 4.61. The highest BCUT2D eigenvalue weighted by Crippen LogP contribution is 2.27. The molecule has 9 nitrogen and oxygen atoms in total. The van der Waals surface area contributed by atoms with E-state index in [0.29, 0.717) is 30.1 Å². The Morgan fingerprint density at radius 2 is 1.86 bits per heavy atom. The lowest BCUT2D eigenvalue weighted by Gasteiger charge is -2.23. The number of aryl methyl sites for hydroxylation is 2. The summed E-state index contributed by atoms with van der Waals surface area (Å²) in [6.45, 7) is 2.22. The van der Waals surface area contributed by atoms with Crippen LogP contribution in [0, 0.1) is 0 Å². The van der Waals surface area contributed by atoms with Crippen molar-refractivity contribution < 1.29 is 9.59 Å². The zero-order chi connectivity index (χ0) is 24.9. The second-order valence-electron chi connectivity index (χ2n) is 7.88. The molecule has 0 fully saturated rings. The van der Waals surface area contributed by atoms with Crippen LogP contribution >= 0.6 is 0 Å². The number of pyridine rings is 3. The lowest BCUT2D eigenvalue weighted by atomic mass is 10.1. The molecule has 0 unspecified atom stereocenters. The number of nitrogen functional groups attached to an aromatic ring is 1. The van der Waals surface area contributed by atoms with Gasteiger partial charge in [0.25, 0.3) is 5.91 Å². The number of anilines is 3. The molecule has 3 N–H and O–H groups in total. The SMILES string of the molecule is CCn1c(N)c(C(=O)NC)c(=O)c2ccc(N(C(=O)CCc3cccnc3)c3ccccc3)nc21. The number of hydrogen-bond acceptors (Lipinski definition) is 6. The number of aromatic nitrogens is 3. The van der Waals surface area contributed by atoms with E-state index in [4.69, 9.17) is 10.7 Å². The van der Waals surface area contributed by atoms with Gasteiger partial charge >= 0.3 is 0 Å². The van der Waals surface area contributed by atoms with Crippen LogP contribution < -0.4 is 21.4 Å². The van der Waals surface area contributed by atoms with Crippen molar-refractivity contribution in [3.63, 3.8) is 0 Å². The van der Waals surface area contributed by atoms with Crippen LogP contribution in [0.4, 0.5) is 17.3 Å². The van der Waals surface area contributed by atoms with Crippen molar-refractivity contribution in [2.45, 2.75) is 26.3 Å². The zero-order valence-electron chi connectivity index (χ0n) is 19.6. The zero-order valence-corrected chi connectivity index (χ0v) is 19.6. The molecule has 178 valence electrons. The van der Waals surface area contributed by atoms with Gasteiger partial charge in [0.2, 0.25) is 11.3 Å². The van der Waals surface area contributed by atoms with Crippen molar-refractivity contribution >= 4 is 40.2 Å². The van der Waals surface area contributed by atoms with Gasteiger partial charge in [0.15, 0.2) is 0 Å². The van der Waals surface area contributed by atoms with Crippen molar-refractivity contribution in [3.05, 3.63) is 88.3 Å². The number of para-hydroxylation sites is 1. The molecule has 9 heteroatoms. The number of nitrogens with zero attached hydrogens (tertiary/aromatic N) is 4. The summed E-state index contributed by atoms with van der Waals surface area (Å²) >= 11 is 0. The second-order valence-corrected chi connectivity index (χ2v) is 7.88. The Bertz CT molecular complexity index is 1430. The minimum absolute atomic E-state index is 0.0307. The van der Waals surface area contributed by atoms with Crippen molar-refractivity contribution in [2.75, 3.05) is 17.7 Å². The number of hydrogen-bond donors (Lipinski definition) is 2. The summed E-state index contributed by atoms with van der Waals surface area (Å²) in [5, 5.41) is 2.71. The monoisotopic (exact) mass is 470 g/mol. The number of fused-ring (bicyclic) bond motifs is 1. The van der Waals surface area contributed by atoms with Gasteiger partial charge < -0.3 is 15.6 Å². The average molecular weight is 471 g/mol. The van der Waals surface area contributed by atoms with E-state index in [-0.39, 0.29) is 29.1 Å². The number of carbonyl (C=O) groups is 2. The van der Waals surface area contributed by atoms with Gasteiger partial charge in [-0.05, 0) is 49.2 Å². The first-order chi connectivity index (χ1) is 17.0. The molecular weight excluding hydrogens is 444 g/mol. The fourth-order valence-corrected chi connectivity index (χ4v) is 4.00. The van der Waals surface area contributed by atoms with Crippen LogP contribution in [-0.4, -0.2) is 33.4 Å². The minimum atomic E-state index is -0.558. The highest BCUT2D eigenvalue weighted by Gasteiger charge is 2.24. The summed E-state index contributed by atoms with van der Waals surface area (Å²) in [4.78, 5) is 49.2. The quantitative estimate of drug-likeness (QED) is 0.428. The molecule has 35 heavy (non-hydrogen) atoms. The molecule has 1 aromatic carbocycles. The molecule has 0 saturated heterocycles. The highest BCUT2D eigenvalue weighted by atomic mass is 16.2. The number of amides is 2. The second kappa shape index (κ2) is 10.2. The van der Waals surface area contributed by atoms with Crippen LogP contribution in [0.15, 0.2) is 71.8 Å². The van der Waals surface area contributed by atoms with E-state index in [9.17, 15) is 14.4 Å². The highest BCUT2D eigenvalue weighted by molar-refractivity contribution is 6.03. The lowest BCUT2D eigenvalue weighted by Crippen LogP contribution is -2.31. The topological polar surface area (TPSA) is 123 Å². The number of carbonyl (C=O) groups excluding carboxylic acids is 2. The van der Waals surface area contributed by atoms with E-state index >= 15 is 0 Å². The maximum atomic E-state index is 13.4. The third-order valence-corrected chi connectivity index (χ3v) is 5.75. The van der Waals surface area contributed by atoms with Crippen LogP contribution in [0.2, 0.25) is 0 Å². The normalized spacial score (nSPS) is 10.8. The van der Waals surface area contributed by atoms with E-state index in [0.717, 1.165) is 5.56 Å². The summed E-state index contributed by atoms with van der Waals surface area (Å²) in [5.74, 6) is -0.332. The van der Waals surface area contributed by atoms with Gasteiger partial charge in [0, 0.05) is 32.4 Å². The molecule has 2 amide bonds. The van der Waals surface area contributed by atoms with Crippen molar-refractivity contribution in [3.8, 4) is 0 Å². The standard InChI is InChI=1S/C26H26N6O3/c1-3-31-24(27)22(26(35)28-2)23(34)19-12-13-20(30-25(19)31)32(18-9-5-4-6-10-18)21(33)14-11-17-8-7-15-29-16-17/h4-10,12-13,15-16H,3,11,14,27H2,1-2H3,(H,28,35). The predicted molar refractivity (Wildman–Crippen MR) is 136 cm³/mol. The van der Waals surface area contributed by atoms with Gasteiger partial charge in [-0.15, -0.1) is 0 Å². The molecule has 0 aliphatic heterocycles. The van der Waals surface area contributed by atoms with Gasteiger partial charge in [-0.25, -0.2) is 4.98 Å². The first-order valence-electron chi connectivity index (χ1n) is 11.3. The van der Waals surface area contributed by atoms with Gasteiger partial charge in [-0.2, -0.15) is 0 Å². The Hall–Kier alpha value is -4.53. The first-order valence-corrected chi connectivity index (χ1v) is 11.3. The number of nitrogens with one attached hydrogen (secondary N) is 1. The molecule has 0 atom stereocenters. The van der Waals surface area contributed by atoms with Crippen molar-refractivity contribution in [1.29, 1.82) is 0 Å². The van der Waals surface area contributed by atoms with Gasteiger partial charge in [-0.1, -0.05) is 24.3 Å². The van der Waals surface area contributed by atoms with Crippen LogP contribution in [0.3, 0.4) is 0 Å². The molecular formula is C26H26N6O3. The van der Waals surface area contributed by atoms with E-state index in [1.54, 1.807) is 29.1 Å². The molecule has 3 heterocycles. The average Bonchev–Trinajstić information content (AvgIpc) is 2.89. The maximum Gasteiger partial charge on any atom is 0.258 e. The van der Waals surface area contributed by atoms with Crippen LogP contribution in [0.25, 0.3) is 11.0 Å². The summed E-state index contributed by atoms with van der Waals surface area (Å²) in [5.41, 5.74) is 7.50. The molecule has 0 aliphatic rings. The Balaban J connectivity index is 1.83. The van der Waals surface area contributed by atoms with E-state index in [1.807, 2.05) is 49.4 Å². The fraction of sp³-hybridized carbons (Fsp3) is 0.192. The number of benzene rings is 1. The van der Waals surface area contributed by atoms with Crippen LogP contribution in [-0.2, 0) is 17.8 Å². The minimum Gasteiger partial charge on any atom is -0.384 e. The van der Waals surface area contributed by atoms with Gasteiger partial charge in [-0.3, -0.25) is 24.3 Å². The molecule has 0 saturated carbocycles. The van der Waals surface area contributed by atoms with Gasteiger partial charge in [0.05, 0.1) is 11.1 Å². The molecule has 3 aromatic heterocycles. The first kappa shape index (κ1) is 23.6. The summed E-state index contributed by atoms with van der Waals surface area (Å²) in [6.07, 6.45) is 4.18. The third-order valence-electron chi connectivity index (χ3n) is 5.75. The van der Waals surface area contributed by atoms with Crippen molar-refractivity contribution in [1.82, 2.24) is 19.9 Å². The molecule has 0 radical (unpaired) electrons. The Morgan fingerprint density at radius 3 is 2.51 bits per heavy atom. The number of rotatable bonds is 7. The predicted octanol–water partition coefficient (Wildman–Crippen LogP) is 3.05. The lowest BCUT2D eigenvalue weighted by molar-refractivity contribution is -0.117. The van der Waals surface area contributed by atoms with Crippen LogP contribution in [0.5, 0.6) is 0 Å². The Morgan fingerprint density at radius 1 is 1.09 bits per heavy atom. The van der Waals surface area contributed by atoms with Crippen molar-refractivity contribution in [2.24, 2.45) is 0 Å². The fourth-order valence-electron chi connectivity index (χ4n) is 4.00. The smallest absolute Gasteiger partial charge is 0.258 e. The largest absolute Gasteiger partial charge is 0.384 e. The Kier molecular flexibility index (Phi) is 6.86. The van der Waals surface area contributed by atoms with Gasteiger partial charge in [0.1, 0.15) is 22.8 Å². The molecule has 0 aliphatic carbocycles. The maximum absolute atomic E-state index is 13.4. The molecule has 0 spiro atoms. The Labute approximate surface area is 202 Å². The number of nitrogens with two attached hydrogens (primary N) is 1. The van der Waals surface area contributed by atoms with E-state index < -0.39 is 11.3 Å². The molecule has 4 rings (SSSR count). The summed E-state index contributed by atoms with van der Waals surface area (Å²) in [6, 6.07) is 16.2. The summed E-state index contributed by atoms with van der Waals surface area (Å²) in [7, 11) is 1.44. The van der Waals surface area contributed by atoms with Crippen LogP contribution in [0.1, 0.15) is 29.3 Å². The van der Waals surface area contributed by atoms with E-state index in [1.165, 1.54) is 11.9 Å². The molecule has 4 aromatic rings. The summed E-state index contributed by atoms with van der Waals surface area (Å²) < 4.78 is 1.61.